The fourth-order valence-electron chi connectivity index (χ4n) is 3.86. The van der Waals surface area contributed by atoms with Crippen LogP contribution in [0.25, 0.3) is 0 Å². The Labute approximate surface area is 159 Å². The number of hydrogen-bond acceptors (Lipinski definition) is 3. The molecule has 3 heterocycles. The van der Waals surface area contributed by atoms with E-state index in [9.17, 15) is 4.79 Å². The maximum Gasteiger partial charge on any atom is 0.223 e. The number of aliphatic imine (C=N–C) groups is 1. The molecule has 1 aromatic heterocycles. The van der Waals surface area contributed by atoms with Crippen molar-refractivity contribution in [1.29, 1.82) is 0 Å². The monoisotopic (exact) mass is 366 g/mol. The molecule has 0 bridgehead atoms. The van der Waals surface area contributed by atoms with Crippen LogP contribution in [-0.2, 0) is 11.3 Å². The molecule has 7 nitrogen and oxygen atoms in total. The zero-order valence-electron chi connectivity index (χ0n) is 15.7. The van der Waals surface area contributed by atoms with E-state index >= 15 is 0 Å². The van der Waals surface area contributed by atoms with Crippen molar-refractivity contribution >= 4 is 11.9 Å². The Morgan fingerprint density at radius 1 is 1.30 bits per heavy atom. The van der Waals surface area contributed by atoms with Gasteiger partial charge >= 0.3 is 0 Å². The zero-order valence-corrected chi connectivity index (χ0v) is 15.7. The van der Waals surface area contributed by atoms with Crippen molar-refractivity contribution < 1.29 is 4.79 Å². The Bertz CT molecular complexity index is 826. The fraction of sp³-hybridized carbons (Fsp3) is 0.450. The first kappa shape index (κ1) is 17.6. The van der Waals surface area contributed by atoms with E-state index in [1.54, 1.807) is 0 Å². The summed E-state index contributed by atoms with van der Waals surface area (Å²) in [5.41, 5.74) is 8.32. The Kier molecular flexibility index (Phi) is 4.83. The Balaban J connectivity index is 1.48. The molecule has 1 aromatic carbocycles. The van der Waals surface area contributed by atoms with Crippen LogP contribution >= 0.6 is 0 Å². The second kappa shape index (κ2) is 7.42. The minimum absolute atomic E-state index is 0.00466. The normalized spacial score (nSPS) is 23.0. The summed E-state index contributed by atoms with van der Waals surface area (Å²) < 4.78 is 1.93. The van der Waals surface area contributed by atoms with Gasteiger partial charge in [0, 0.05) is 50.8 Å². The quantitative estimate of drug-likeness (QED) is 0.642. The van der Waals surface area contributed by atoms with E-state index in [2.05, 4.69) is 27.1 Å². The van der Waals surface area contributed by atoms with Crippen molar-refractivity contribution in [3.05, 3.63) is 53.9 Å². The lowest BCUT2D eigenvalue weighted by Gasteiger charge is -2.32. The van der Waals surface area contributed by atoms with Gasteiger partial charge in [0.15, 0.2) is 5.96 Å². The lowest BCUT2D eigenvalue weighted by atomic mass is 9.96. The number of likely N-dealkylation sites (tertiary alicyclic amines) is 2. The average molecular weight is 366 g/mol. The number of rotatable bonds is 5. The number of aromatic nitrogens is 2. The summed E-state index contributed by atoms with van der Waals surface area (Å²) in [5, 5.41) is 4.51. The number of hydrogen-bond donors (Lipinski definition) is 1. The molecule has 7 heteroatoms. The van der Waals surface area contributed by atoms with Crippen LogP contribution in [0.2, 0.25) is 0 Å². The predicted octanol–water partition coefficient (Wildman–Crippen LogP) is 1.47. The van der Waals surface area contributed by atoms with E-state index in [0.29, 0.717) is 18.9 Å². The van der Waals surface area contributed by atoms with Gasteiger partial charge in [0.25, 0.3) is 0 Å². The van der Waals surface area contributed by atoms with Gasteiger partial charge in [0.05, 0.1) is 18.8 Å². The maximum atomic E-state index is 12.3. The third-order valence-electron chi connectivity index (χ3n) is 5.54. The number of nitrogens with zero attached hydrogens (tertiary/aromatic N) is 5. The summed E-state index contributed by atoms with van der Waals surface area (Å²) >= 11 is 0. The highest BCUT2D eigenvalue weighted by atomic mass is 16.2. The number of carbonyl (C=O) groups is 1. The van der Waals surface area contributed by atoms with Crippen LogP contribution in [0.15, 0.2) is 47.7 Å². The molecular weight excluding hydrogens is 340 g/mol. The second-order valence-electron chi connectivity index (χ2n) is 7.41. The molecule has 2 N–H and O–H groups in total. The summed E-state index contributed by atoms with van der Waals surface area (Å²) in [6, 6.07) is 10.2. The van der Waals surface area contributed by atoms with Crippen molar-refractivity contribution in [3.8, 4) is 0 Å². The average Bonchev–Trinajstić information content (AvgIpc) is 3.17. The van der Waals surface area contributed by atoms with Gasteiger partial charge in [-0.15, -0.1) is 0 Å². The van der Waals surface area contributed by atoms with Crippen LogP contribution in [-0.4, -0.2) is 58.1 Å². The third kappa shape index (κ3) is 3.67. The van der Waals surface area contributed by atoms with Crippen molar-refractivity contribution in [3.63, 3.8) is 0 Å². The minimum Gasteiger partial charge on any atom is -0.370 e. The van der Waals surface area contributed by atoms with Gasteiger partial charge in [-0.1, -0.05) is 30.3 Å². The van der Waals surface area contributed by atoms with Gasteiger partial charge in [-0.05, 0) is 12.0 Å². The lowest BCUT2D eigenvalue weighted by Crippen LogP contribution is -2.46. The summed E-state index contributed by atoms with van der Waals surface area (Å²) in [7, 11) is 1.87. The van der Waals surface area contributed by atoms with Gasteiger partial charge in [-0.2, -0.15) is 5.10 Å². The fourth-order valence-corrected chi connectivity index (χ4v) is 3.86. The van der Waals surface area contributed by atoms with Crippen molar-refractivity contribution in [2.24, 2.45) is 16.6 Å². The first-order valence-corrected chi connectivity index (χ1v) is 9.48. The topological polar surface area (TPSA) is 79.8 Å². The molecule has 2 aliphatic rings. The van der Waals surface area contributed by atoms with Crippen LogP contribution in [0.1, 0.15) is 30.0 Å². The number of carbonyl (C=O) groups excluding carboxylic acids is 1. The van der Waals surface area contributed by atoms with E-state index in [-0.39, 0.29) is 17.9 Å². The Morgan fingerprint density at radius 2 is 2.07 bits per heavy atom. The number of benzene rings is 1. The maximum absolute atomic E-state index is 12.3. The highest BCUT2D eigenvalue weighted by molar-refractivity contribution is 5.80. The van der Waals surface area contributed by atoms with Crippen LogP contribution in [0.5, 0.6) is 0 Å². The van der Waals surface area contributed by atoms with E-state index in [1.165, 1.54) is 12.0 Å². The van der Waals surface area contributed by atoms with E-state index in [4.69, 9.17) is 5.73 Å². The Morgan fingerprint density at radius 3 is 2.78 bits per heavy atom. The molecule has 0 saturated carbocycles. The van der Waals surface area contributed by atoms with Crippen LogP contribution in [0.3, 0.4) is 0 Å². The van der Waals surface area contributed by atoms with E-state index in [1.807, 2.05) is 47.2 Å². The molecule has 4 rings (SSSR count). The lowest BCUT2D eigenvalue weighted by molar-refractivity contribution is -0.127. The Hall–Kier alpha value is -2.83. The molecule has 2 fully saturated rings. The van der Waals surface area contributed by atoms with Crippen LogP contribution in [0, 0.1) is 5.92 Å². The molecule has 2 saturated heterocycles. The molecule has 1 amide bonds. The zero-order chi connectivity index (χ0) is 18.8. The van der Waals surface area contributed by atoms with E-state index in [0.717, 1.165) is 25.2 Å². The first-order chi connectivity index (χ1) is 13.1. The van der Waals surface area contributed by atoms with Gasteiger partial charge < -0.3 is 15.5 Å². The summed E-state index contributed by atoms with van der Waals surface area (Å²) in [6.45, 7) is 3.24. The van der Waals surface area contributed by atoms with Gasteiger partial charge in [-0.3, -0.25) is 14.5 Å². The molecule has 2 aliphatic heterocycles. The molecular formula is C20H26N6O. The second-order valence-corrected chi connectivity index (χ2v) is 7.41. The van der Waals surface area contributed by atoms with Crippen molar-refractivity contribution in [1.82, 2.24) is 19.6 Å². The van der Waals surface area contributed by atoms with Gasteiger partial charge in [-0.25, -0.2) is 0 Å². The summed E-state index contributed by atoms with van der Waals surface area (Å²) in [6.07, 6.45) is 5.59. The summed E-state index contributed by atoms with van der Waals surface area (Å²) in [4.78, 5) is 20.8. The van der Waals surface area contributed by atoms with Gasteiger partial charge in [0.1, 0.15) is 0 Å². The highest BCUT2D eigenvalue weighted by Crippen LogP contribution is 2.37. The summed E-state index contributed by atoms with van der Waals surface area (Å²) in [5.74, 6) is 0.872. The number of nitrogens with two attached hydrogens (primary N) is 1. The van der Waals surface area contributed by atoms with E-state index < -0.39 is 0 Å². The molecule has 27 heavy (non-hydrogen) atoms. The van der Waals surface area contributed by atoms with Crippen LogP contribution < -0.4 is 5.73 Å². The molecule has 0 aliphatic carbocycles. The molecule has 0 unspecified atom stereocenters. The third-order valence-corrected chi connectivity index (χ3v) is 5.54. The number of amides is 1. The largest absolute Gasteiger partial charge is 0.370 e. The van der Waals surface area contributed by atoms with Crippen LogP contribution in [0.4, 0.5) is 0 Å². The predicted molar refractivity (Wildman–Crippen MR) is 104 cm³/mol. The first-order valence-electron chi connectivity index (χ1n) is 9.48. The highest BCUT2D eigenvalue weighted by Gasteiger charge is 2.39. The number of guanidine groups is 1. The van der Waals surface area contributed by atoms with Gasteiger partial charge in [0.2, 0.25) is 5.91 Å². The molecule has 142 valence electrons. The molecule has 0 spiro atoms. The SMILES string of the molecule is CN1C(=O)C[C@@H](CN=C(N)N2CCC2)[C@@H]1c1cnn(Cc2ccccc2)c1. The molecule has 2 atom stereocenters. The smallest absolute Gasteiger partial charge is 0.223 e. The standard InChI is InChI=1S/C20H26N6O/c1-24-18(27)10-16(11-22-20(21)25-8-5-9-25)19(24)17-12-23-26(14-17)13-15-6-3-2-4-7-15/h2-4,6-7,12,14,16,19H,5,8-11,13H2,1H3,(H2,21,22)/t16-,19+/m0/s1. The van der Waals surface area contributed by atoms with Crippen molar-refractivity contribution in [2.75, 3.05) is 26.7 Å². The molecule has 2 aromatic rings. The minimum atomic E-state index is -0.00466. The molecule has 0 radical (unpaired) electrons. The van der Waals surface area contributed by atoms with Crippen molar-refractivity contribution in [2.45, 2.75) is 25.4 Å².